The van der Waals surface area contributed by atoms with Crippen LogP contribution in [-0.2, 0) is 17.9 Å². The molecule has 2 aliphatic rings. The van der Waals surface area contributed by atoms with Crippen LogP contribution in [0.3, 0.4) is 0 Å². The highest BCUT2D eigenvalue weighted by molar-refractivity contribution is 5.93. The van der Waals surface area contributed by atoms with E-state index in [0.717, 1.165) is 17.8 Å². The van der Waals surface area contributed by atoms with Crippen molar-refractivity contribution in [3.05, 3.63) is 46.8 Å². The van der Waals surface area contributed by atoms with Crippen molar-refractivity contribution in [2.24, 2.45) is 5.92 Å². The fourth-order valence-electron chi connectivity index (χ4n) is 2.81. The third-order valence-electron chi connectivity index (χ3n) is 4.51. The van der Waals surface area contributed by atoms with Crippen molar-refractivity contribution in [2.45, 2.75) is 39.0 Å². The summed E-state index contributed by atoms with van der Waals surface area (Å²) in [5, 5.41) is 11.1. The lowest BCUT2D eigenvalue weighted by molar-refractivity contribution is -0.00177. The summed E-state index contributed by atoms with van der Waals surface area (Å²) in [5.74, 6) is 0.503. The first-order chi connectivity index (χ1) is 11.2. The molecule has 0 bridgehead atoms. The maximum absolute atomic E-state index is 12.2. The van der Waals surface area contributed by atoms with Gasteiger partial charge in [-0.15, -0.1) is 5.10 Å². The monoisotopic (exact) mass is 312 g/mol. The highest BCUT2D eigenvalue weighted by Crippen LogP contribution is 2.28. The fraction of sp³-hybridized carbons (Fsp3) is 0.471. The van der Waals surface area contributed by atoms with Crippen molar-refractivity contribution < 1.29 is 9.53 Å². The average molecular weight is 312 g/mol. The highest BCUT2D eigenvalue weighted by atomic mass is 16.5. The zero-order valence-corrected chi connectivity index (χ0v) is 13.2. The summed E-state index contributed by atoms with van der Waals surface area (Å²) >= 11 is 0. The molecule has 0 radical (unpaired) electrons. The van der Waals surface area contributed by atoms with E-state index in [1.54, 1.807) is 4.68 Å². The summed E-state index contributed by atoms with van der Waals surface area (Å²) in [7, 11) is 0. The minimum absolute atomic E-state index is 0.0489. The zero-order chi connectivity index (χ0) is 15.8. The van der Waals surface area contributed by atoms with E-state index in [1.807, 2.05) is 0 Å². The quantitative estimate of drug-likeness (QED) is 0.937. The average Bonchev–Trinajstić information content (AvgIpc) is 3.30. The molecule has 1 aliphatic heterocycles. The number of aromatic nitrogens is 3. The van der Waals surface area contributed by atoms with Crippen molar-refractivity contribution in [3.63, 3.8) is 0 Å². The molecule has 6 nitrogen and oxygen atoms in total. The number of ether oxygens (including phenoxy) is 1. The van der Waals surface area contributed by atoms with Crippen molar-refractivity contribution >= 4 is 5.91 Å². The van der Waals surface area contributed by atoms with E-state index in [1.165, 1.54) is 18.4 Å². The summed E-state index contributed by atoms with van der Waals surface area (Å²) < 4.78 is 7.73. The van der Waals surface area contributed by atoms with Crippen molar-refractivity contribution in [3.8, 4) is 0 Å². The summed E-state index contributed by atoms with van der Waals surface area (Å²) in [6.07, 6.45) is 2.37. The van der Waals surface area contributed by atoms with Gasteiger partial charge in [0.05, 0.1) is 18.8 Å². The van der Waals surface area contributed by atoms with Gasteiger partial charge < -0.3 is 10.1 Å². The van der Waals surface area contributed by atoms with E-state index in [-0.39, 0.29) is 12.0 Å². The first kappa shape index (κ1) is 14.4. The second-order valence-corrected chi connectivity index (χ2v) is 6.43. The fourth-order valence-corrected chi connectivity index (χ4v) is 2.81. The van der Waals surface area contributed by atoms with Gasteiger partial charge in [0.1, 0.15) is 6.10 Å². The van der Waals surface area contributed by atoms with E-state index in [9.17, 15) is 4.79 Å². The predicted molar refractivity (Wildman–Crippen MR) is 83.8 cm³/mol. The lowest BCUT2D eigenvalue weighted by atomic mass is 10.1. The summed E-state index contributed by atoms with van der Waals surface area (Å²) in [6.45, 7) is 3.74. The van der Waals surface area contributed by atoms with Gasteiger partial charge in [-0.25, -0.2) is 4.68 Å². The molecule has 4 rings (SSSR count). The normalized spacial score (nSPS) is 20.1. The Morgan fingerprint density at radius 3 is 2.87 bits per heavy atom. The number of hydrogen-bond donors (Lipinski definition) is 1. The summed E-state index contributed by atoms with van der Waals surface area (Å²) in [5.41, 5.74) is 3.51. The molecule has 1 unspecified atom stereocenters. The molecule has 0 spiro atoms. The van der Waals surface area contributed by atoms with E-state index >= 15 is 0 Å². The maximum Gasteiger partial charge on any atom is 0.273 e. The minimum atomic E-state index is -0.143. The second kappa shape index (κ2) is 5.77. The molecule has 1 N–H and O–H groups in total. The van der Waals surface area contributed by atoms with Gasteiger partial charge in [-0.1, -0.05) is 35.0 Å². The molecule has 2 aromatic rings. The molecule has 1 aromatic heterocycles. The Hall–Kier alpha value is -2.21. The van der Waals surface area contributed by atoms with Gasteiger partial charge >= 0.3 is 0 Å². The van der Waals surface area contributed by atoms with Crippen LogP contribution < -0.4 is 5.32 Å². The lowest BCUT2D eigenvalue weighted by Crippen LogP contribution is -2.28. The molecular weight excluding hydrogens is 292 g/mol. The molecule has 1 atom stereocenters. The van der Waals surface area contributed by atoms with Gasteiger partial charge in [0.25, 0.3) is 5.91 Å². The molecule has 1 amide bonds. The molecular formula is C17H20N4O2. The van der Waals surface area contributed by atoms with Crippen molar-refractivity contribution in [2.75, 3.05) is 6.54 Å². The van der Waals surface area contributed by atoms with Gasteiger partial charge in [0, 0.05) is 6.54 Å². The van der Waals surface area contributed by atoms with Crippen LogP contribution in [-0.4, -0.2) is 27.4 Å². The number of amides is 1. The Morgan fingerprint density at radius 1 is 1.35 bits per heavy atom. The predicted octanol–water partition coefficient (Wildman–Crippen LogP) is 2.00. The molecule has 120 valence electrons. The SMILES string of the molecule is Cc1ccc(C2Cn3nnc(C(=O)NCC4CC4)c3CO2)cc1. The van der Waals surface area contributed by atoms with Gasteiger partial charge in [-0.3, -0.25) is 4.79 Å². The number of benzene rings is 1. The third-order valence-corrected chi connectivity index (χ3v) is 4.51. The maximum atomic E-state index is 12.2. The van der Waals surface area contributed by atoms with E-state index in [2.05, 4.69) is 46.8 Å². The van der Waals surface area contributed by atoms with Crippen LogP contribution in [0.25, 0.3) is 0 Å². The largest absolute Gasteiger partial charge is 0.365 e. The van der Waals surface area contributed by atoms with Gasteiger partial charge in [0.15, 0.2) is 5.69 Å². The Balaban J connectivity index is 1.47. The topological polar surface area (TPSA) is 69.0 Å². The van der Waals surface area contributed by atoms with Crippen LogP contribution in [0.5, 0.6) is 0 Å². The number of nitrogens with one attached hydrogen (secondary N) is 1. The van der Waals surface area contributed by atoms with E-state index in [0.29, 0.717) is 24.8 Å². The number of nitrogens with zero attached hydrogens (tertiary/aromatic N) is 3. The molecule has 1 aliphatic carbocycles. The zero-order valence-electron chi connectivity index (χ0n) is 13.2. The number of carbonyl (C=O) groups excluding carboxylic acids is 1. The number of hydrogen-bond acceptors (Lipinski definition) is 4. The van der Waals surface area contributed by atoms with Gasteiger partial charge in [0.2, 0.25) is 0 Å². The smallest absolute Gasteiger partial charge is 0.273 e. The van der Waals surface area contributed by atoms with Gasteiger partial charge in [-0.05, 0) is 31.2 Å². The number of carbonyl (C=O) groups is 1. The molecule has 23 heavy (non-hydrogen) atoms. The third kappa shape index (κ3) is 2.99. The molecule has 1 saturated carbocycles. The molecule has 2 heterocycles. The highest BCUT2D eigenvalue weighted by Gasteiger charge is 2.28. The Bertz CT molecular complexity index is 719. The van der Waals surface area contributed by atoms with Gasteiger partial charge in [-0.2, -0.15) is 0 Å². The lowest BCUT2D eigenvalue weighted by Gasteiger charge is -2.24. The van der Waals surface area contributed by atoms with Crippen LogP contribution in [0.15, 0.2) is 24.3 Å². The van der Waals surface area contributed by atoms with Crippen molar-refractivity contribution in [1.82, 2.24) is 20.3 Å². The van der Waals surface area contributed by atoms with Crippen LogP contribution in [0.4, 0.5) is 0 Å². The summed E-state index contributed by atoms with van der Waals surface area (Å²) in [4.78, 5) is 12.2. The van der Waals surface area contributed by atoms with E-state index < -0.39 is 0 Å². The molecule has 1 aromatic carbocycles. The van der Waals surface area contributed by atoms with Crippen LogP contribution in [0.1, 0.15) is 46.3 Å². The molecule has 0 saturated heterocycles. The first-order valence-electron chi connectivity index (χ1n) is 8.09. The number of fused-ring (bicyclic) bond motifs is 1. The number of aryl methyl sites for hydroxylation is 1. The first-order valence-corrected chi connectivity index (χ1v) is 8.09. The van der Waals surface area contributed by atoms with Crippen LogP contribution >= 0.6 is 0 Å². The minimum Gasteiger partial charge on any atom is -0.365 e. The van der Waals surface area contributed by atoms with Crippen LogP contribution in [0, 0.1) is 12.8 Å². The summed E-state index contributed by atoms with van der Waals surface area (Å²) in [6, 6.07) is 8.30. The second-order valence-electron chi connectivity index (χ2n) is 6.43. The van der Waals surface area contributed by atoms with E-state index in [4.69, 9.17) is 4.74 Å². The Morgan fingerprint density at radius 2 is 2.13 bits per heavy atom. The Kier molecular flexibility index (Phi) is 3.61. The Labute approximate surface area is 134 Å². The standard InChI is InChI=1S/C17H20N4O2/c1-11-2-6-13(7-3-11)15-9-21-14(10-23-15)16(19-20-21)17(22)18-8-12-4-5-12/h2-3,6-7,12,15H,4-5,8-10H2,1H3,(H,18,22). The molecule has 1 fully saturated rings. The number of rotatable bonds is 4. The van der Waals surface area contributed by atoms with Crippen LogP contribution in [0.2, 0.25) is 0 Å². The van der Waals surface area contributed by atoms with Crippen molar-refractivity contribution in [1.29, 1.82) is 0 Å². The molecule has 6 heteroatoms.